The number of benzene rings is 1. The van der Waals surface area contributed by atoms with Gasteiger partial charge in [0.15, 0.2) is 0 Å². The molecule has 1 heterocycles. The molecule has 0 saturated carbocycles. The summed E-state index contributed by atoms with van der Waals surface area (Å²) in [5.41, 5.74) is 2.91. The van der Waals surface area contributed by atoms with Crippen LogP contribution >= 0.6 is 15.9 Å². The number of piperidine rings is 1. The summed E-state index contributed by atoms with van der Waals surface area (Å²) < 4.78 is 1.24. The molecule has 2 heteroatoms. The lowest BCUT2D eigenvalue weighted by Crippen LogP contribution is -2.28. The Morgan fingerprint density at radius 1 is 1.43 bits per heavy atom. The third kappa shape index (κ3) is 2.01. The molecular weight excluding hydrogens is 238 g/mol. The van der Waals surface area contributed by atoms with Gasteiger partial charge in [-0.25, -0.2) is 0 Å². The molecule has 1 nitrogen and oxygen atoms in total. The smallest absolute Gasteiger partial charge is 0.0207 e. The van der Waals surface area contributed by atoms with Crippen LogP contribution in [0.5, 0.6) is 0 Å². The summed E-state index contributed by atoms with van der Waals surface area (Å²) in [6.45, 7) is 4.52. The lowest BCUT2D eigenvalue weighted by molar-refractivity contribution is 0.460. The third-order valence-corrected chi connectivity index (χ3v) is 3.91. The predicted octanol–water partition coefficient (Wildman–Crippen LogP) is 3.22. The van der Waals surface area contributed by atoms with Gasteiger partial charge in [0.05, 0.1) is 0 Å². The van der Waals surface area contributed by atoms with E-state index in [9.17, 15) is 0 Å². The van der Waals surface area contributed by atoms with Crippen molar-refractivity contribution in [3.63, 3.8) is 0 Å². The van der Waals surface area contributed by atoms with Gasteiger partial charge < -0.3 is 5.32 Å². The van der Waals surface area contributed by atoms with Crippen molar-refractivity contribution < 1.29 is 0 Å². The minimum atomic E-state index is 0.709. The van der Waals surface area contributed by atoms with E-state index >= 15 is 0 Å². The quantitative estimate of drug-likeness (QED) is 0.811. The zero-order valence-electron chi connectivity index (χ0n) is 8.52. The average molecular weight is 254 g/mol. The molecule has 1 aliphatic heterocycles. The Morgan fingerprint density at radius 3 is 3.00 bits per heavy atom. The largest absolute Gasteiger partial charge is 0.316 e. The second-order valence-corrected chi connectivity index (χ2v) is 4.85. The first kappa shape index (κ1) is 10.2. The molecule has 1 aromatic carbocycles. The Hall–Kier alpha value is -0.340. The van der Waals surface area contributed by atoms with E-state index < -0.39 is 0 Å². The van der Waals surface area contributed by atoms with E-state index in [1.807, 2.05) is 0 Å². The van der Waals surface area contributed by atoms with Gasteiger partial charge in [-0.1, -0.05) is 28.1 Å². The molecule has 2 rings (SSSR count). The first-order chi connectivity index (χ1) is 6.79. The second-order valence-electron chi connectivity index (χ2n) is 4.00. The molecule has 0 aliphatic carbocycles. The molecule has 1 saturated heterocycles. The third-order valence-electron chi connectivity index (χ3n) is 3.05. The molecule has 76 valence electrons. The highest BCUT2D eigenvalue weighted by molar-refractivity contribution is 9.10. The van der Waals surface area contributed by atoms with E-state index in [0.717, 1.165) is 6.54 Å². The van der Waals surface area contributed by atoms with E-state index in [4.69, 9.17) is 0 Å². The highest BCUT2D eigenvalue weighted by Gasteiger charge is 2.17. The number of halogens is 1. The van der Waals surface area contributed by atoms with Gasteiger partial charge in [0.1, 0.15) is 0 Å². The summed E-state index contributed by atoms with van der Waals surface area (Å²) in [6.07, 6.45) is 2.63. The molecule has 1 fully saturated rings. The number of nitrogens with one attached hydrogen (secondary N) is 1. The van der Waals surface area contributed by atoms with Gasteiger partial charge in [0.2, 0.25) is 0 Å². The zero-order chi connectivity index (χ0) is 9.97. The molecule has 1 aromatic rings. The normalized spacial score (nSPS) is 22.3. The molecule has 1 atom stereocenters. The highest BCUT2D eigenvalue weighted by Crippen LogP contribution is 2.29. The Balaban J connectivity index is 2.26. The maximum absolute atomic E-state index is 3.59. The molecule has 0 spiro atoms. The topological polar surface area (TPSA) is 12.0 Å². The van der Waals surface area contributed by atoms with Crippen molar-refractivity contribution in [3.05, 3.63) is 33.8 Å². The lowest BCUT2D eigenvalue weighted by atomic mass is 9.89. The van der Waals surface area contributed by atoms with Gasteiger partial charge >= 0.3 is 0 Å². The molecule has 1 N–H and O–H groups in total. The van der Waals surface area contributed by atoms with Crippen LogP contribution in [0.4, 0.5) is 0 Å². The van der Waals surface area contributed by atoms with Crippen LogP contribution in [0.3, 0.4) is 0 Å². The van der Waals surface area contributed by atoms with Crippen LogP contribution in [0.25, 0.3) is 0 Å². The van der Waals surface area contributed by atoms with Crippen molar-refractivity contribution in [1.82, 2.24) is 5.32 Å². The standard InChI is InChI=1S/C12H16BrN/c1-9-11(5-2-6-12(9)13)10-4-3-7-14-8-10/h2,5-6,10,14H,3-4,7-8H2,1H3/t10-/m1/s1. The summed E-state index contributed by atoms with van der Waals surface area (Å²) in [6, 6.07) is 6.52. The van der Waals surface area contributed by atoms with Crippen LogP contribution in [-0.4, -0.2) is 13.1 Å². The Kier molecular flexibility index (Phi) is 3.24. The number of rotatable bonds is 1. The van der Waals surface area contributed by atoms with Gasteiger partial charge in [-0.05, 0) is 49.4 Å². The van der Waals surface area contributed by atoms with Gasteiger partial charge in [0.25, 0.3) is 0 Å². The summed E-state index contributed by atoms with van der Waals surface area (Å²) in [4.78, 5) is 0. The maximum Gasteiger partial charge on any atom is 0.0207 e. The lowest BCUT2D eigenvalue weighted by Gasteiger charge is -2.24. The highest BCUT2D eigenvalue weighted by atomic mass is 79.9. The minimum Gasteiger partial charge on any atom is -0.316 e. The van der Waals surface area contributed by atoms with E-state index in [1.54, 1.807) is 0 Å². The SMILES string of the molecule is Cc1c(Br)cccc1[C@@H]1CCCNC1. The van der Waals surface area contributed by atoms with Gasteiger partial charge in [0, 0.05) is 11.0 Å². The van der Waals surface area contributed by atoms with Crippen molar-refractivity contribution in [2.24, 2.45) is 0 Å². The summed E-state index contributed by atoms with van der Waals surface area (Å²) in [7, 11) is 0. The van der Waals surface area contributed by atoms with Crippen LogP contribution in [0.2, 0.25) is 0 Å². The molecule has 1 aliphatic rings. The molecule has 0 unspecified atom stereocenters. The Labute approximate surface area is 94.0 Å². The molecular formula is C12H16BrN. The van der Waals surface area contributed by atoms with Gasteiger partial charge in [-0.2, -0.15) is 0 Å². The van der Waals surface area contributed by atoms with E-state index in [2.05, 4.69) is 46.4 Å². The van der Waals surface area contributed by atoms with Gasteiger partial charge in [-0.15, -0.1) is 0 Å². The molecule has 14 heavy (non-hydrogen) atoms. The Bertz CT molecular complexity index is 316. The number of hydrogen-bond acceptors (Lipinski definition) is 1. The number of hydrogen-bond donors (Lipinski definition) is 1. The van der Waals surface area contributed by atoms with E-state index in [1.165, 1.54) is 35.0 Å². The van der Waals surface area contributed by atoms with Crippen LogP contribution in [0.15, 0.2) is 22.7 Å². The predicted molar refractivity (Wildman–Crippen MR) is 63.7 cm³/mol. The second kappa shape index (κ2) is 4.45. The average Bonchev–Trinajstić information content (AvgIpc) is 2.23. The first-order valence-corrected chi connectivity index (χ1v) is 6.04. The first-order valence-electron chi connectivity index (χ1n) is 5.25. The maximum atomic E-state index is 3.59. The monoisotopic (exact) mass is 253 g/mol. The van der Waals surface area contributed by atoms with Crippen LogP contribution in [0, 0.1) is 6.92 Å². The summed E-state index contributed by atoms with van der Waals surface area (Å²) >= 11 is 3.59. The summed E-state index contributed by atoms with van der Waals surface area (Å²) in [5.74, 6) is 0.709. The molecule has 0 amide bonds. The van der Waals surface area contributed by atoms with Crippen molar-refractivity contribution >= 4 is 15.9 Å². The molecule has 0 aromatic heterocycles. The van der Waals surface area contributed by atoms with Crippen molar-refractivity contribution in [2.75, 3.05) is 13.1 Å². The van der Waals surface area contributed by atoms with Crippen LogP contribution in [-0.2, 0) is 0 Å². The fraction of sp³-hybridized carbons (Fsp3) is 0.500. The van der Waals surface area contributed by atoms with Crippen LogP contribution in [0.1, 0.15) is 29.9 Å². The van der Waals surface area contributed by atoms with Crippen LogP contribution < -0.4 is 5.32 Å². The zero-order valence-corrected chi connectivity index (χ0v) is 10.1. The fourth-order valence-corrected chi connectivity index (χ4v) is 2.57. The molecule has 0 radical (unpaired) electrons. The van der Waals surface area contributed by atoms with Crippen molar-refractivity contribution in [2.45, 2.75) is 25.7 Å². The Morgan fingerprint density at radius 2 is 2.29 bits per heavy atom. The summed E-state index contributed by atoms with van der Waals surface area (Å²) in [5, 5.41) is 3.46. The molecule has 0 bridgehead atoms. The van der Waals surface area contributed by atoms with Crippen molar-refractivity contribution in [3.8, 4) is 0 Å². The minimum absolute atomic E-state index is 0.709. The van der Waals surface area contributed by atoms with Gasteiger partial charge in [-0.3, -0.25) is 0 Å². The van der Waals surface area contributed by atoms with E-state index in [0.29, 0.717) is 5.92 Å². The van der Waals surface area contributed by atoms with E-state index in [-0.39, 0.29) is 0 Å². The fourth-order valence-electron chi connectivity index (χ4n) is 2.18. The van der Waals surface area contributed by atoms with Crippen molar-refractivity contribution in [1.29, 1.82) is 0 Å².